The first-order valence-corrected chi connectivity index (χ1v) is 6.44. The summed E-state index contributed by atoms with van der Waals surface area (Å²) >= 11 is 0. The molecule has 5 heteroatoms. The Hall–Kier alpha value is -1.52. The second-order valence-electron chi connectivity index (χ2n) is 6.02. The zero-order valence-corrected chi connectivity index (χ0v) is 11.2. The third-order valence-electron chi connectivity index (χ3n) is 3.56. The molecule has 5 nitrogen and oxygen atoms in total. The van der Waals surface area contributed by atoms with Crippen LogP contribution in [0.4, 0.5) is 5.82 Å². The lowest BCUT2D eigenvalue weighted by Crippen LogP contribution is -2.25. The van der Waals surface area contributed by atoms with Gasteiger partial charge in [0.2, 0.25) is 0 Å². The van der Waals surface area contributed by atoms with E-state index in [0.29, 0.717) is 5.82 Å². The summed E-state index contributed by atoms with van der Waals surface area (Å²) in [4.78, 5) is 11.3. The highest BCUT2D eigenvalue weighted by Crippen LogP contribution is 2.40. The molecule has 0 aliphatic heterocycles. The molecule has 1 fully saturated rings. The number of hydrogen-bond acceptors (Lipinski definition) is 3. The lowest BCUT2D eigenvalue weighted by atomic mass is 9.97. The molecule has 18 heavy (non-hydrogen) atoms. The highest BCUT2D eigenvalue weighted by Gasteiger charge is 2.32. The van der Waals surface area contributed by atoms with Gasteiger partial charge in [0, 0.05) is 5.56 Å². The first-order valence-electron chi connectivity index (χ1n) is 6.44. The van der Waals surface area contributed by atoms with Crippen LogP contribution in [0.1, 0.15) is 68.4 Å². The van der Waals surface area contributed by atoms with Crippen LogP contribution in [0.25, 0.3) is 0 Å². The number of nitrogen functional groups attached to an aromatic ring is 1. The monoisotopic (exact) mass is 251 g/mol. The maximum Gasteiger partial charge on any atom is 0.356 e. The number of carbonyl (C=O) groups is 1. The van der Waals surface area contributed by atoms with Gasteiger partial charge in [-0.3, -0.25) is 0 Å². The van der Waals surface area contributed by atoms with E-state index in [4.69, 9.17) is 5.73 Å². The van der Waals surface area contributed by atoms with E-state index < -0.39 is 5.97 Å². The molecule has 1 saturated carbocycles. The number of nitrogens with two attached hydrogens (primary N) is 1. The van der Waals surface area contributed by atoms with Crippen LogP contribution < -0.4 is 5.73 Å². The summed E-state index contributed by atoms with van der Waals surface area (Å²) < 4.78 is 1.64. The normalized spacial score (nSPS) is 17.3. The zero-order chi connectivity index (χ0) is 13.5. The van der Waals surface area contributed by atoms with Gasteiger partial charge < -0.3 is 10.8 Å². The maximum atomic E-state index is 11.3. The standard InChI is InChI=1S/C13H21N3O2/c1-13(2,3)16-11(14)9(8-6-4-5-7-8)10(15-16)12(17)18/h8H,4-7,14H2,1-3H3,(H,17,18). The molecule has 0 saturated heterocycles. The van der Waals surface area contributed by atoms with Gasteiger partial charge in [-0.1, -0.05) is 12.8 Å². The summed E-state index contributed by atoms with van der Waals surface area (Å²) in [6.07, 6.45) is 4.31. The summed E-state index contributed by atoms with van der Waals surface area (Å²) in [5.74, 6) is -0.203. The summed E-state index contributed by atoms with van der Waals surface area (Å²) in [6.45, 7) is 5.92. The van der Waals surface area contributed by atoms with E-state index in [2.05, 4.69) is 5.10 Å². The third kappa shape index (κ3) is 2.09. The Balaban J connectivity index is 2.55. The molecule has 0 atom stereocenters. The van der Waals surface area contributed by atoms with Crippen molar-refractivity contribution in [2.24, 2.45) is 0 Å². The fraction of sp³-hybridized carbons (Fsp3) is 0.692. The van der Waals surface area contributed by atoms with Crippen LogP contribution in [0, 0.1) is 0 Å². The van der Waals surface area contributed by atoms with Gasteiger partial charge in [-0.25, -0.2) is 9.48 Å². The van der Waals surface area contributed by atoms with Gasteiger partial charge in [0.25, 0.3) is 0 Å². The maximum absolute atomic E-state index is 11.3. The largest absolute Gasteiger partial charge is 0.476 e. The molecule has 0 spiro atoms. The summed E-state index contributed by atoms with van der Waals surface area (Å²) in [7, 11) is 0. The third-order valence-corrected chi connectivity index (χ3v) is 3.56. The van der Waals surface area contributed by atoms with Gasteiger partial charge in [-0.05, 0) is 39.5 Å². The number of aromatic carboxylic acids is 1. The average Bonchev–Trinajstić information content (AvgIpc) is 2.81. The SMILES string of the molecule is CC(C)(C)n1nc(C(=O)O)c(C2CCCC2)c1N. The van der Waals surface area contributed by atoms with E-state index in [-0.39, 0.29) is 17.2 Å². The highest BCUT2D eigenvalue weighted by molar-refractivity contribution is 5.89. The number of anilines is 1. The minimum atomic E-state index is -0.980. The van der Waals surface area contributed by atoms with Crippen LogP contribution in [-0.4, -0.2) is 20.9 Å². The number of nitrogens with zero attached hydrogens (tertiary/aromatic N) is 2. The van der Waals surface area contributed by atoms with Crippen molar-refractivity contribution in [1.29, 1.82) is 0 Å². The second-order valence-corrected chi connectivity index (χ2v) is 6.02. The molecule has 0 aromatic carbocycles. The predicted octanol–water partition coefficient (Wildman–Crippen LogP) is 2.58. The Kier molecular flexibility index (Phi) is 3.09. The first kappa shape index (κ1) is 12.9. The Morgan fingerprint density at radius 3 is 2.39 bits per heavy atom. The molecule has 0 unspecified atom stereocenters. The molecule has 1 aromatic heterocycles. The van der Waals surface area contributed by atoms with Gasteiger partial charge in [0.1, 0.15) is 5.82 Å². The zero-order valence-electron chi connectivity index (χ0n) is 11.2. The van der Waals surface area contributed by atoms with Crippen LogP contribution in [0.3, 0.4) is 0 Å². The minimum absolute atomic E-state index is 0.134. The molecule has 1 aliphatic carbocycles. The van der Waals surface area contributed by atoms with Crippen LogP contribution >= 0.6 is 0 Å². The second kappa shape index (κ2) is 4.30. The molecule has 0 bridgehead atoms. The van der Waals surface area contributed by atoms with Crippen molar-refractivity contribution < 1.29 is 9.90 Å². The lowest BCUT2D eigenvalue weighted by Gasteiger charge is -2.21. The number of carboxylic acids is 1. The number of aromatic nitrogens is 2. The predicted molar refractivity (Wildman–Crippen MR) is 69.8 cm³/mol. The van der Waals surface area contributed by atoms with Gasteiger partial charge in [-0.2, -0.15) is 5.10 Å². The quantitative estimate of drug-likeness (QED) is 0.846. The number of rotatable bonds is 2. The molecule has 3 N–H and O–H groups in total. The van der Waals surface area contributed by atoms with Crippen molar-refractivity contribution in [3.8, 4) is 0 Å². The van der Waals surface area contributed by atoms with Gasteiger partial charge in [0.15, 0.2) is 5.69 Å². The van der Waals surface area contributed by atoms with E-state index in [9.17, 15) is 9.90 Å². The van der Waals surface area contributed by atoms with Crippen molar-refractivity contribution in [3.05, 3.63) is 11.3 Å². The highest BCUT2D eigenvalue weighted by atomic mass is 16.4. The fourth-order valence-corrected chi connectivity index (χ4v) is 2.73. The summed E-state index contributed by atoms with van der Waals surface area (Å²) in [5, 5.41) is 13.5. The minimum Gasteiger partial charge on any atom is -0.476 e. The molecule has 2 rings (SSSR count). The Morgan fingerprint density at radius 2 is 1.94 bits per heavy atom. The fourth-order valence-electron chi connectivity index (χ4n) is 2.73. The Labute approximate surface area is 107 Å². The molecular formula is C13H21N3O2. The Bertz CT molecular complexity index is 465. The van der Waals surface area contributed by atoms with E-state index in [1.54, 1.807) is 4.68 Å². The van der Waals surface area contributed by atoms with Crippen molar-refractivity contribution in [1.82, 2.24) is 9.78 Å². The van der Waals surface area contributed by atoms with Gasteiger partial charge >= 0.3 is 5.97 Å². The van der Waals surface area contributed by atoms with E-state index >= 15 is 0 Å². The number of hydrogen-bond donors (Lipinski definition) is 2. The van der Waals surface area contributed by atoms with E-state index in [1.807, 2.05) is 20.8 Å². The first-order chi connectivity index (χ1) is 8.32. The van der Waals surface area contributed by atoms with Crippen molar-refractivity contribution in [2.75, 3.05) is 5.73 Å². The molecule has 0 radical (unpaired) electrons. The van der Waals surface area contributed by atoms with Crippen LogP contribution in [-0.2, 0) is 5.54 Å². The molecule has 0 amide bonds. The van der Waals surface area contributed by atoms with Gasteiger partial charge in [0.05, 0.1) is 5.54 Å². The number of carboxylic acid groups (broad SMARTS) is 1. The van der Waals surface area contributed by atoms with Crippen LogP contribution in [0.2, 0.25) is 0 Å². The van der Waals surface area contributed by atoms with Crippen molar-refractivity contribution in [3.63, 3.8) is 0 Å². The molecule has 1 aliphatic rings. The van der Waals surface area contributed by atoms with E-state index in [1.165, 1.54) is 0 Å². The van der Waals surface area contributed by atoms with Crippen LogP contribution in [0.15, 0.2) is 0 Å². The average molecular weight is 251 g/mol. The topological polar surface area (TPSA) is 81.1 Å². The van der Waals surface area contributed by atoms with Crippen molar-refractivity contribution >= 4 is 11.8 Å². The van der Waals surface area contributed by atoms with Crippen LogP contribution in [0.5, 0.6) is 0 Å². The molecule has 1 heterocycles. The van der Waals surface area contributed by atoms with Gasteiger partial charge in [-0.15, -0.1) is 0 Å². The van der Waals surface area contributed by atoms with Crippen molar-refractivity contribution in [2.45, 2.75) is 57.9 Å². The summed E-state index contributed by atoms with van der Waals surface area (Å²) in [6, 6.07) is 0. The molecule has 1 aromatic rings. The molecule has 100 valence electrons. The molecular weight excluding hydrogens is 230 g/mol. The van der Waals surface area contributed by atoms with E-state index in [0.717, 1.165) is 31.2 Å². The Morgan fingerprint density at radius 1 is 1.39 bits per heavy atom. The lowest BCUT2D eigenvalue weighted by molar-refractivity contribution is 0.0687. The smallest absolute Gasteiger partial charge is 0.356 e. The summed E-state index contributed by atoms with van der Waals surface area (Å²) in [5.41, 5.74) is 6.72.